The van der Waals surface area contributed by atoms with Crippen molar-refractivity contribution in [3.63, 3.8) is 0 Å². The highest BCUT2D eigenvalue weighted by Gasteiger charge is 2.17. The molecule has 0 atom stereocenters. The van der Waals surface area contributed by atoms with Crippen LogP contribution in [0.4, 0.5) is 10.1 Å². The van der Waals surface area contributed by atoms with Crippen molar-refractivity contribution >= 4 is 5.69 Å². The summed E-state index contributed by atoms with van der Waals surface area (Å²) < 4.78 is 18.9. The molecule has 0 fully saturated rings. The molecule has 6 heteroatoms. The van der Waals surface area contributed by atoms with Crippen LogP contribution in [0.1, 0.15) is 11.1 Å². The van der Waals surface area contributed by atoms with Crippen molar-refractivity contribution in [3.8, 4) is 11.5 Å². The van der Waals surface area contributed by atoms with Crippen molar-refractivity contribution < 1.29 is 14.1 Å². The zero-order valence-corrected chi connectivity index (χ0v) is 11.7. The molecular formula is C15H15FN2O3. The Hall–Kier alpha value is -2.47. The maximum absolute atomic E-state index is 13.3. The molecule has 0 saturated carbocycles. The highest BCUT2D eigenvalue weighted by atomic mass is 19.1. The molecule has 0 heterocycles. The van der Waals surface area contributed by atoms with E-state index in [9.17, 15) is 14.5 Å². The van der Waals surface area contributed by atoms with E-state index < -0.39 is 4.92 Å². The normalized spacial score (nSPS) is 10.4. The Morgan fingerprint density at radius 3 is 2.67 bits per heavy atom. The fraction of sp³-hybridized carbons (Fsp3) is 0.200. The Balaban J connectivity index is 2.42. The van der Waals surface area contributed by atoms with Crippen LogP contribution in [0, 0.1) is 22.9 Å². The quantitative estimate of drug-likeness (QED) is 0.675. The van der Waals surface area contributed by atoms with Gasteiger partial charge in [0.2, 0.25) is 5.75 Å². The number of rotatable bonds is 5. The molecule has 2 aromatic carbocycles. The molecule has 0 amide bonds. The summed E-state index contributed by atoms with van der Waals surface area (Å²) >= 11 is 0. The lowest BCUT2D eigenvalue weighted by Crippen LogP contribution is -2.07. The number of hydrogen-bond donors (Lipinski definition) is 1. The third kappa shape index (κ3) is 3.55. The second-order valence-electron chi connectivity index (χ2n) is 4.61. The summed E-state index contributed by atoms with van der Waals surface area (Å²) in [6.45, 7) is 2.21. The summed E-state index contributed by atoms with van der Waals surface area (Å²) in [6.07, 6.45) is 0. The Labute approximate surface area is 121 Å². The Morgan fingerprint density at radius 1 is 1.24 bits per heavy atom. The van der Waals surface area contributed by atoms with E-state index >= 15 is 0 Å². The lowest BCUT2D eigenvalue weighted by atomic mass is 10.2. The fourth-order valence-corrected chi connectivity index (χ4v) is 1.95. The number of halogens is 1. The van der Waals surface area contributed by atoms with Crippen molar-refractivity contribution in [1.82, 2.24) is 5.32 Å². The Bertz CT molecular complexity index is 674. The highest BCUT2D eigenvalue weighted by Crippen LogP contribution is 2.33. The minimum Gasteiger partial charge on any atom is -0.450 e. The first kappa shape index (κ1) is 14.9. The molecule has 21 heavy (non-hydrogen) atoms. The van der Waals surface area contributed by atoms with Crippen LogP contribution < -0.4 is 10.1 Å². The summed E-state index contributed by atoms with van der Waals surface area (Å²) in [5, 5.41) is 13.9. The second-order valence-corrected chi connectivity index (χ2v) is 4.61. The maximum Gasteiger partial charge on any atom is 0.311 e. The molecule has 0 spiro atoms. The SMILES string of the molecule is CNCc1cc(F)ccc1Oc1cc(C)ccc1[N+](=O)[O-]. The lowest BCUT2D eigenvalue weighted by Gasteiger charge is -2.11. The van der Waals surface area contributed by atoms with E-state index in [4.69, 9.17) is 4.74 Å². The Kier molecular flexibility index (Phi) is 4.49. The monoisotopic (exact) mass is 290 g/mol. The molecule has 1 N–H and O–H groups in total. The second kappa shape index (κ2) is 6.32. The molecular weight excluding hydrogens is 275 g/mol. The molecule has 0 aliphatic heterocycles. The highest BCUT2D eigenvalue weighted by molar-refractivity contribution is 5.51. The molecule has 0 unspecified atom stereocenters. The number of aryl methyl sites for hydroxylation is 1. The number of hydrogen-bond acceptors (Lipinski definition) is 4. The minimum absolute atomic E-state index is 0.125. The smallest absolute Gasteiger partial charge is 0.311 e. The zero-order chi connectivity index (χ0) is 15.4. The molecule has 0 saturated heterocycles. The van der Waals surface area contributed by atoms with Gasteiger partial charge in [-0.05, 0) is 43.8 Å². The summed E-state index contributed by atoms with van der Waals surface area (Å²) in [5.74, 6) is 0.148. The summed E-state index contributed by atoms with van der Waals surface area (Å²) in [7, 11) is 1.73. The van der Waals surface area contributed by atoms with Crippen molar-refractivity contribution in [2.24, 2.45) is 0 Å². The van der Waals surface area contributed by atoms with Crippen LogP contribution in [0.5, 0.6) is 11.5 Å². The number of nitrogens with one attached hydrogen (secondary N) is 1. The van der Waals surface area contributed by atoms with Gasteiger partial charge in [-0.15, -0.1) is 0 Å². The summed E-state index contributed by atoms with van der Waals surface area (Å²) in [4.78, 5) is 10.5. The molecule has 0 aliphatic rings. The zero-order valence-electron chi connectivity index (χ0n) is 11.7. The van der Waals surface area contributed by atoms with Gasteiger partial charge in [0.25, 0.3) is 0 Å². The van der Waals surface area contributed by atoms with Gasteiger partial charge >= 0.3 is 5.69 Å². The standard InChI is InChI=1S/C15H15FN2O3/c1-10-3-5-13(18(19)20)15(7-10)21-14-6-4-12(16)8-11(14)9-17-2/h3-8,17H,9H2,1-2H3. The van der Waals surface area contributed by atoms with Gasteiger partial charge in [0.1, 0.15) is 11.6 Å². The van der Waals surface area contributed by atoms with Gasteiger partial charge < -0.3 is 10.1 Å². The van der Waals surface area contributed by atoms with E-state index in [1.807, 2.05) is 6.92 Å². The van der Waals surface area contributed by atoms with Gasteiger partial charge in [0.05, 0.1) is 4.92 Å². The van der Waals surface area contributed by atoms with Crippen molar-refractivity contribution in [3.05, 3.63) is 63.5 Å². The molecule has 0 aliphatic carbocycles. The number of nitrogens with zero attached hydrogens (tertiary/aromatic N) is 1. The summed E-state index contributed by atoms with van der Waals surface area (Å²) in [5.41, 5.74) is 1.31. The van der Waals surface area contributed by atoms with Crippen LogP contribution in [0.2, 0.25) is 0 Å². The van der Waals surface area contributed by atoms with Crippen LogP contribution >= 0.6 is 0 Å². The molecule has 0 bridgehead atoms. The largest absolute Gasteiger partial charge is 0.450 e. The van der Waals surface area contributed by atoms with Crippen LogP contribution in [0.3, 0.4) is 0 Å². The third-order valence-electron chi connectivity index (χ3n) is 2.92. The lowest BCUT2D eigenvalue weighted by molar-refractivity contribution is -0.385. The van der Waals surface area contributed by atoms with Gasteiger partial charge in [-0.3, -0.25) is 10.1 Å². The first-order chi connectivity index (χ1) is 10.0. The fourth-order valence-electron chi connectivity index (χ4n) is 1.95. The van der Waals surface area contributed by atoms with Gasteiger partial charge in [-0.2, -0.15) is 0 Å². The van der Waals surface area contributed by atoms with Gasteiger partial charge in [-0.25, -0.2) is 4.39 Å². The summed E-state index contributed by atoms with van der Waals surface area (Å²) in [6, 6.07) is 8.69. The van der Waals surface area contributed by atoms with Gasteiger partial charge in [-0.1, -0.05) is 6.07 Å². The molecule has 110 valence electrons. The van der Waals surface area contributed by atoms with Crippen LogP contribution in [-0.2, 0) is 6.54 Å². The number of nitro benzene ring substituents is 1. The van der Waals surface area contributed by atoms with E-state index in [1.165, 1.54) is 24.3 Å². The molecule has 0 radical (unpaired) electrons. The molecule has 5 nitrogen and oxygen atoms in total. The van der Waals surface area contributed by atoms with E-state index in [0.717, 1.165) is 5.56 Å². The molecule has 2 aromatic rings. The Morgan fingerprint density at radius 2 is 2.00 bits per heavy atom. The van der Waals surface area contributed by atoms with E-state index in [1.54, 1.807) is 19.2 Å². The first-order valence-corrected chi connectivity index (χ1v) is 6.37. The van der Waals surface area contributed by atoms with E-state index in [2.05, 4.69) is 5.32 Å². The first-order valence-electron chi connectivity index (χ1n) is 6.37. The maximum atomic E-state index is 13.3. The average molecular weight is 290 g/mol. The number of nitro groups is 1. The molecule has 2 rings (SSSR count). The van der Waals surface area contributed by atoms with Gasteiger partial charge in [0, 0.05) is 18.2 Å². The molecule has 0 aromatic heterocycles. The van der Waals surface area contributed by atoms with E-state index in [0.29, 0.717) is 17.9 Å². The van der Waals surface area contributed by atoms with Crippen LogP contribution in [0.15, 0.2) is 36.4 Å². The minimum atomic E-state index is -0.504. The topological polar surface area (TPSA) is 64.4 Å². The number of ether oxygens (including phenoxy) is 1. The third-order valence-corrected chi connectivity index (χ3v) is 2.92. The van der Waals surface area contributed by atoms with Crippen molar-refractivity contribution in [2.45, 2.75) is 13.5 Å². The van der Waals surface area contributed by atoms with Crippen molar-refractivity contribution in [2.75, 3.05) is 7.05 Å². The predicted octanol–water partition coefficient (Wildman–Crippen LogP) is 3.55. The van der Waals surface area contributed by atoms with E-state index in [-0.39, 0.29) is 17.3 Å². The number of benzene rings is 2. The van der Waals surface area contributed by atoms with Gasteiger partial charge in [0.15, 0.2) is 0 Å². The van der Waals surface area contributed by atoms with Crippen LogP contribution in [0.25, 0.3) is 0 Å². The predicted molar refractivity (Wildman–Crippen MR) is 77.1 cm³/mol. The van der Waals surface area contributed by atoms with Crippen LogP contribution in [-0.4, -0.2) is 12.0 Å². The average Bonchev–Trinajstić information content (AvgIpc) is 2.42. The van der Waals surface area contributed by atoms with Crippen molar-refractivity contribution in [1.29, 1.82) is 0 Å².